The molecule has 0 atom stereocenters. The summed E-state index contributed by atoms with van der Waals surface area (Å²) in [4.78, 5) is 15.6. The second-order valence-electron chi connectivity index (χ2n) is 6.86. The van der Waals surface area contributed by atoms with E-state index in [0.717, 1.165) is 56.6 Å². The minimum atomic E-state index is -0.298. The summed E-state index contributed by atoms with van der Waals surface area (Å²) in [5.74, 6) is 0.372. The van der Waals surface area contributed by atoms with Crippen molar-refractivity contribution in [3.05, 3.63) is 34.9 Å². The van der Waals surface area contributed by atoms with Gasteiger partial charge in [0.05, 0.1) is 5.41 Å². The normalized spacial score (nSPS) is 22.1. The first kappa shape index (κ1) is 15.9. The van der Waals surface area contributed by atoms with Crippen LogP contribution < -0.4 is 0 Å². The van der Waals surface area contributed by atoms with Gasteiger partial charge in [0.1, 0.15) is 0 Å². The summed E-state index contributed by atoms with van der Waals surface area (Å²) < 4.78 is 0. The molecule has 0 spiro atoms. The summed E-state index contributed by atoms with van der Waals surface area (Å²) in [6.07, 6.45) is 10.4. The number of carbonyl (C=O) groups is 1. The maximum Gasteiger partial charge on any atom is 0.233 e. The molecule has 0 N–H and O–H groups in total. The van der Waals surface area contributed by atoms with Crippen molar-refractivity contribution < 1.29 is 4.79 Å². The topological polar surface area (TPSA) is 20.3 Å². The number of hydrogen-bond acceptors (Lipinski definition) is 1. The molecule has 1 heterocycles. The van der Waals surface area contributed by atoms with E-state index in [0.29, 0.717) is 5.91 Å². The fraction of sp³-hybridized carbons (Fsp3) is 0.632. The molecular formula is C19H26ClNO. The summed E-state index contributed by atoms with van der Waals surface area (Å²) >= 11 is 6.05. The van der Waals surface area contributed by atoms with Gasteiger partial charge in [-0.15, -0.1) is 0 Å². The van der Waals surface area contributed by atoms with Gasteiger partial charge in [-0.1, -0.05) is 55.8 Å². The van der Waals surface area contributed by atoms with Crippen LogP contribution in [-0.2, 0) is 10.2 Å². The predicted octanol–water partition coefficient (Wildman–Crippen LogP) is 4.94. The first-order valence-electron chi connectivity index (χ1n) is 8.78. The molecule has 1 aromatic rings. The number of amides is 1. The Labute approximate surface area is 138 Å². The first-order valence-corrected chi connectivity index (χ1v) is 9.16. The maximum atomic E-state index is 13.4. The molecule has 1 aromatic carbocycles. The maximum absolute atomic E-state index is 13.4. The highest BCUT2D eigenvalue weighted by molar-refractivity contribution is 6.30. The number of nitrogens with zero attached hydrogens (tertiary/aromatic N) is 1. The second kappa shape index (κ2) is 7.04. The monoisotopic (exact) mass is 319 g/mol. The second-order valence-corrected chi connectivity index (χ2v) is 7.29. The number of rotatable bonds is 2. The number of hydrogen-bond donors (Lipinski definition) is 0. The van der Waals surface area contributed by atoms with Gasteiger partial charge in [0.15, 0.2) is 0 Å². The molecule has 22 heavy (non-hydrogen) atoms. The van der Waals surface area contributed by atoms with Gasteiger partial charge in [-0.25, -0.2) is 0 Å². The molecule has 2 aliphatic rings. The van der Waals surface area contributed by atoms with Crippen molar-refractivity contribution in [2.45, 2.75) is 63.2 Å². The SMILES string of the molecule is O=C(N1CCCCCC1)C1(c2ccc(Cl)cc2)CCCCC1. The highest BCUT2D eigenvalue weighted by Crippen LogP contribution is 2.41. The average Bonchev–Trinajstić information content (AvgIpc) is 2.84. The van der Waals surface area contributed by atoms with Gasteiger partial charge in [0.2, 0.25) is 5.91 Å². The van der Waals surface area contributed by atoms with Gasteiger partial charge in [-0.3, -0.25) is 4.79 Å². The van der Waals surface area contributed by atoms with Gasteiger partial charge in [-0.2, -0.15) is 0 Å². The first-order chi connectivity index (χ1) is 10.7. The Bertz CT molecular complexity index is 497. The molecule has 0 aromatic heterocycles. The third kappa shape index (κ3) is 3.17. The lowest BCUT2D eigenvalue weighted by Crippen LogP contribution is -2.48. The van der Waals surface area contributed by atoms with Crippen LogP contribution in [0.2, 0.25) is 5.02 Å². The standard InChI is InChI=1S/C19H26ClNO/c20-17-10-8-16(9-11-17)19(12-4-3-5-13-19)18(22)21-14-6-1-2-7-15-21/h8-11H,1-7,12-15H2. The van der Waals surface area contributed by atoms with E-state index in [-0.39, 0.29) is 5.41 Å². The molecule has 3 rings (SSSR count). The van der Waals surface area contributed by atoms with Crippen LogP contribution in [0, 0.1) is 0 Å². The smallest absolute Gasteiger partial charge is 0.233 e. The molecule has 120 valence electrons. The quantitative estimate of drug-likeness (QED) is 0.755. The molecule has 1 aliphatic carbocycles. The molecule has 0 unspecified atom stereocenters. The largest absolute Gasteiger partial charge is 0.342 e. The van der Waals surface area contributed by atoms with Crippen molar-refractivity contribution in [1.82, 2.24) is 4.90 Å². The summed E-state index contributed by atoms with van der Waals surface area (Å²) in [7, 11) is 0. The summed E-state index contributed by atoms with van der Waals surface area (Å²) in [6.45, 7) is 1.88. The minimum Gasteiger partial charge on any atom is -0.342 e. The third-order valence-corrected chi connectivity index (χ3v) is 5.66. The number of likely N-dealkylation sites (tertiary alicyclic amines) is 1. The number of halogens is 1. The van der Waals surface area contributed by atoms with Crippen LogP contribution in [0.4, 0.5) is 0 Å². The molecule has 1 amide bonds. The van der Waals surface area contributed by atoms with E-state index in [1.54, 1.807) is 0 Å². The van der Waals surface area contributed by atoms with Crippen LogP contribution in [0.3, 0.4) is 0 Å². The molecule has 1 saturated carbocycles. The van der Waals surface area contributed by atoms with Crippen LogP contribution in [0.5, 0.6) is 0 Å². The zero-order chi connectivity index (χ0) is 15.4. The van der Waals surface area contributed by atoms with Crippen LogP contribution in [0.1, 0.15) is 63.4 Å². The van der Waals surface area contributed by atoms with E-state index in [4.69, 9.17) is 11.6 Å². The Morgan fingerprint density at radius 2 is 1.41 bits per heavy atom. The van der Waals surface area contributed by atoms with Crippen molar-refractivity contribution in [1.29, 1.82) is 0 Å². The van der Waals surface area contributed by atoms with E-state index >= 15 is 0 Å². The highest BCUT2D eigenvalue weighted by Gasteiger charge is 2.43. The lowest BCUT2D eigenvalue weighted by atomic mass is 9.68. The minimum absolute atomic E-state index is 0.298. The fourth-order valence-corrected chi connectivity index (χ4v) is 4.25. The van der Waals surface area contributed by atoms with E-state index in [2.05, 4.69) is 17.0 Å². The van der Waals surface area contributed by atoms with Crippen LogP contribution in [0.15, 0.2) is 24.3 Å². The Morgan fingerprint density at radius 3 is 2.00 bits per heavy atom. The van der Waals surface area contributed by atoms with Crippen molar-refractivity contribution in [2.24, 2.45) is 0 Å². The predicted molar refractivity (Wildman–Crippen MR) is 91.3 cm³/mol. The highest BCUT2D eigenvalue weighted by atomic mass is 35.5. The van der Waals surface area contributed by atoms with Crippen LogP contribution >= 0.6 is 11.6 Å². The number of carbonyl (C=O) groups excluding carboxylic acids is 1. The Kier molecular flexibility index (Phi) is 5.07. The lowest BCUT2D eigenvalue weighted by Gasteiger charge is -2.40. The van der Waals surface area contributed by atoms with Crippen molar-refractivity contribution in [2.75, 3.05) is 13.1 Å². The van der Waals surface area contributed by atoms with Crippen molar-refractivity contribution >= 4 is 17.5 Å². The third-order valence-electron chi connectivity index (χ3n) is 5.41. The van der Waals surface area contributed by atoms with E-state index < -0.39 is 0 Å². The Hall–Kier alpha value is -1.02. The molecule has 1 aliphatic heterocycles. The van der Waals surface area contributed by atoms with E-state index in [9.17, 15) is 4.79 Å². The molecule has 0 radical (unpaired) electrons. The zero-order valence-electron chi connectivity index (χ0n) is 13.3. The van der Waals surface area contributed by atoms with Crippen LogP contribution in [0.25, 0.3) is 0 Å². The van der Waals surface area contributed by atoms with Crippen molar-refractivity contribution in [3.63, 3.8) is 0 Å². The van der Waals surface area contributed by atoms with Gasteiger partial charge in [-0.05, 0) is 43.4 Å². The van der Waals surface area contributed by atoms with E-state index in [1.165, 1.54) is 24.8 Å². The van der Waals surface area contributed by atoms with Crippen LogP contribution in [-0.4, -0.2) is 23.9 Å². The zero-order valence-corrected chi connectivity index (χ0v) is 14.1. The fourth-order valence-electron chi connectivity index (χ4n) is 4.13. The summed E-state index contributed by atoms with van der Waals surface area (Å²) in [5, 5.41) is 0.747. The molecular weight excluding hydrogens is 294 g/mol. The molecule has 2 fully saturated rings. The van der Waals surface area contributed by atoms with Gasteiger partial charge >= 0.3 is 0 Å². The number of benzene rings is 1. The molecule has 3 heteroatoms. The molecule has 2 nitrogen and oxygen atoms in total. The lowest BCUT2D eigenvalue weighted by molar-refractivity contribution is -0.138. The molecule has 0 bridgehead atoms. The van der Waals surface area contributed by atoms with Gasteiger partial charge in [0.25, 0.3) is 0 Å². The summed E-state index contributed by atoms with van der Waals surface area (Å²) in [6, 6.07) is 8.01. The van der Waals surface area contributed by atoms with Gasteiger partial charge in [0, 0.05) is 18.1 Å². The molecule has 1 saturated heterocycles. The average molecular weight is 320 g/mol. The van der Waals surface area contributed by atoms with Gasteiger partial charge < -0.3 is 4.90 Å². The Balaban J connectivity index is 1.90. The van der Waals surface area contributed by atoms with E-state index in [1.807, 2.05) is 12.1 Å². The summed E-state index contributed by atoms with van der Waals surface area (Å²) in [5.41, 5.74) is 0.874. The Morgan fingerprint density at radius 1 is 0.864 bits per heavy atom. The van der Waals surface area contributed by atoms with Crippen molar-refractivity contribution in [3.8, 4) is 0 Å².